The van der Waals surface area contributed by atoms with Gasteiger partial charge in [-0.15, -0.1) is 0 Å². The summed E-state index contributed by atoms with van der Waals surface area (Å²) in [6.45, 7) is 2.08. The van der Waals surface area contributed by atoms with Crippen molar-refractivity contribution in [3.05, 3.63) is 70.8 Å². The molecule has 0 spiro atoms. The van der Waals surface area contributed by atoms with Gasteiger partial charge < -0.3 is 0 Å². The molecule has 0 N–H and O–H groups in total. The predicted octanol–water partition coefficient (Wildman–Crippen LogP) is 2.53. The molecule has 0 aromatic heterocycles. The number of hydrogen-bond donors (Lipinski definition) is 0. The third-order valence-corrected chi connectivity index (χ3v) is 3.59. The van der Waals surface area contributed by atoms with Crippen LogP contribution in [0.15, 0.2) is 48.5 Å². The minimum absolute atomic E-state index is 0.159. The summed E-state index contributed by atoms with van der Waals surface area (Å²) in [7, 11) is 0. The number of amides is 2. The number of fused-ring (bicyclic) bond motifs is 1. The Morgan fingerprint density at radius 1 is 0.905 bits per heavy atom. The molecule has 0 radical (unpaired) electrons. The van der Waals surface area contributed by atoms with E-state index < -0.39 is 0 Å². The largest absolute Gasteiger partial charge is 0.289 e. The third-order valence-electron chi connectivity index (χ3n) is 3.59. The lowest BCUT2D eigenvalue weighted by Gasteiger charge is -2.08. The van der Waals surface area contributed by atoms with Crippen molar-refractivity contribution in [1.29, 1.82) is 0 Å². The summed E-state index contributed by atoms with van der Waals surface area (Å²) in [5, 5.41) is 0. The van der Waals surface area contributed by atoms with Crippen LogP contribution in [0, 0.1) is 0 Å². The number of hydrogen-bond acceptors (Lipinski definition) is 3. The van der Waals surface area contributed by atoms with Crippen molar-refractivity contribution in [2.24, 2.45) is 0 Å². The molecule has 3 rings (SSSR count). The summed E-state index contributed by atoms with van der Waals surface area (Å²) in [6.07, 6.45) is 0. The Bertz CT molecular complexity index is 750. The Hall–Kier alpha value is -2.75. The van der Waals surface area contributed by atoms with E-state index in [2.05, 4.69) is 0 Å². The molecule has 104 valence electrons. The molecule has 2 aromatic rings. The van der Waals surface area contributed by atoms with E-state index >= 15 is 0 Å². The van der Waals surface area contributed by atoms with Crippen LogP contribution in [0.1, 0.15) is 43.6 Å². The van der Waals surface area contributed by atoms with Gasteiger partial charge in [0.2, 0.25) is 0 Å². The van der Waals surface area contributed by atoms with E-state index in [1.165, 1.54) is 11.0 Å². The van der Waals surface area contributed by atoms with Crippen LogP contribution in [-0.4, -0.2) is 29.0 Å². The number of nitrogens with zero attached hydrogens (tertiary/aromatic N) is 1. The topological polar surface area (TPSA) is 54.5 Å². The number of imide groups is 1. The minimum atomic E-state index is -0.333. The van der Waals surface area contributed by atoms with E-state index in [1.54, 1.807) is 43.3 Å². The first-order valence-electron chi connectivity index (χ1n) is 6.73. The fourth-order valence-corrected chi connectivity index (χ4v) is 2.48. The van der Waals surface area contributed by atoms with Gasteiger partial charge in [-0.2, -0.15) is 0 Å². The molecule has 1 heterocycles. The van der Waals surface area contributed by atoms with E-state index in [1.807, 2.05) is 6.07 Å². The van der Waals surface area contributed by atoms with Crippen molar-refractivity contribution in [3.63, 3.8) is 0 Å². The summed E-state index contributed by atoms with van der Waals surface area (Å²) >= 11 is 0. The fourth-order valence-electron chi connectivity index (χ4n) is 2.48. The standard InChI is InChI=1S/C17H13NO3/c1-2-18-16(20)13-9-8-12(10-14(13)17(18)21)15(19)11-6-4-3-5-7-11/h3-10H,2H2,1H3. The molecule has 0 saturated carbocycles. The highest BCUT2D eigenvalue weighted by molar-refractivity contribution is 6.22. The van der Waals surface area contributed by atoms with Crippen LogP contribution in [0.5, 0.6) is 0 Å². The van der Waals surface area contributed by atoms with E-state index in [-0.39, 0.29) is 17.6 Å². The summed E-state index contributed by atoms with van der Waals surface area (Å²) in [6, 6.07) is 13.5. The summed E-state index contributed by atoms with van der Waals surface area (Å²) < 4.78 is 0. The number of rotatable bonds is 3. The normalized spacial score (nSPS) is 13.5. The van der Waals surface area contributed by atoms with Crippen LogP contribution in [0.4, 0.5) is 0 Å². The van der Waals surface area contributed by atoms with Gasteiger partial charge in [-0.3, -0.25) is 19.3 Å². The Morgan fingerprint density at radius 3 is 2.24 bits per heavy atom. The molecule has 4 nitrogen and oxygen atoms in total. The average Bonchev–Trinajstić information content (AvgIpc) is 2.78. The first kappa shape index (κ1) is 13.2. The van der Waals surface area contributed by atoms with Crippen LogP contribution < -0.4 is 0 Å². The zero-order chi connectivity index (χ0) is 15.0. The third kappa shape index (κ3) is 2.05. The monoisotopic (exact) mass is 279 g/mol. The zero-order valence-corrected chi connectivity index (χ0v) is 11.5. The van der Waals surface area contributed by atoms with Crippen LogP contribution in [0.3, 0.4) is 0 Å². The van der Waals surface area contributed by atoms with Crippen LogP contribution >= 0.6 is 0 Å². The fraction of sp³-hybridized carbons (Fsp3) is 0.118. The van der Waals surface area contributed by atoms with Crippen molar-refractivity contribution < 1.29 is 14.4 Å². The Morgan fingerprint density at radius 2 is 1.57 bits per heavy atom. The van der Waals surface area contributed by atoms with Gasteiger partial charge in [-0.1, -0.05) is 36.4 Å². The number of benzene rings is 2. The second-order valence-corrected chi connectivity index (χ2v) is 4.81. The lowest BCUT2D eigenvalue weighted by atomic mass is 9.99. The summed E-state index contributed by atoms with van der Waals surface area (Å²) in [4.78, 5) is 37.7. The molecular formula is C17H13NO3. The Balaban J connectivity index is 2.03. The molecular weight excluding hydrogens is 266 g/mol. The summed E-state index contributed by atoms with van der Waals surface area (Å²) in [5.41, 5.74) is 1.65. The van der Waals surface area contributed by atoms with E-state index in [0.717, 1.165) is 0 Å². The molecule has 0 saturated heterocycles. The lowest BCUT2D eigenvalue weighted by Crippen LogP contribution is -2.29. The van der Waals surface area contributed by atoms with Gasteiger partial charge in [0.15, 0.2) is 5.78 Å². The van der Waals surface area contributed by atoms with Crippen LogP contribution in [0.25, 0.3) is 0 Å². The molecule has 1 aliphatic rings. The highest BCUT2D eigenvalue weighted by Crippen LogP contribution is 2.24. The number of carbonyl (C=O) groups excluding carboxylic acids is 3. The summed E-state index contributed by atoms with van der Waals surface area (Å²) in [5.74, 6) is -0.787. The molecule has 4 heteroatoms. The smallest absolute Gasteiger partial charge is 0.261 e. The second-order valence-electron chi connectivity index (χ2n) is 4.81. The molecule has 2 amide bonds. The van der Waals surface area contributed by atoms with E-state index in [9.17, 15) is 14.4 Å². The molecule has 0 bridgehead atoms. The SMILES string of the molecule is CCN1C(=O)c2ccc(C(=O)c3ccccc3)cc2C1=O. The van der Waals surface area contributed by atoms with E-state index in [0.29, 0.717) is 28.8 Å². The van der Waals surface area contributed by atoms with Crippen molar-refractivity contribution in [2.45, 2.75) is 6.92 Å². The van der Waals surface area contributed by atoms with Gasteiger partial charge in [0, 0.05) is 17.7 Å². The maximum atomic E-state index is 12.4. The van der Waals surface area contributed by atoms with Crippen molar-refractivity contribution >= 4 is 17.6 Å². The van der Waals surface area contributed by atoms with Gasteiger partial charge in [-0.25, -0.2) is 0 Å². The zero-order valence-electron chi connectivity index (χ0n) is 11.5. The minimum Gasteiger partial charge on any atom is -0.289 e. The maximum Gasteiger partial charge on any atom is 0.261 e. The van der Waals surface area contributed by atoms with Crippen molar-refractivity contribution in [1.82, 2.24) is 4.90 Å². The lowest BCUT2D eigenvalue weighted by molar-refractivity contribution is 0.0662. The first-order valence-corrected chi connectivity index (χ1v) is 6.73. The van der Waals surface area contributed by atoms with Gasteiger partial charge in [0.1, 0.15) is 0 Å². The maximum absolute atomic E-state index is 12.4. The van der Waals surface area contributed by atoms with Gasteiger partial charge in [0.25, 0.3) is 11.8 Å². The Kier molecular flexibility index (Phi) is 3.14. The first-order chi connectivity index (χ1) is 10.1. The quantitative estimate of drug-likeness (QED) is 0.641. The highest BCUT2D eigenvalue weighted by Gasteiger charge is 2.34. The second kappa shape index (κ2) is 4.98. The van der Waals surface area contributed by atoms with Gasteiger partial charge >= 0.3 is 0 Å². The molecule has 0 aliphatic carbocycles. The number of carbonyl (C=O) groups is 3. The molecule has 0 unspecified atom stereocenters. The van der Waals surface area contributed by atoms with Crippen LogP contribution in [0.2, 0.25) is 0 Å². The average molecular weight is 279 g/mol. The van der Waals surface area contributed by atoms with Gasteiger partial charge in [-0.05, 0) is 19.1 Å². The van der Waals surface area contributed by atoms with Gasteiger partial charge in [0.05, 0.1) is 11.1 Å². The molecule has 0 atom stereocenters. The van der Waals surface area contributed by atoms with E-state index in [4.69, 9.17) is 0 Å². The molecule has 21 heavy (non-hydrogen) atoms. The highest BCUT2D eigenvalue weighted by atomic mass is 16.2. The Labute approximate surface area is 122 Å². The molecule has 1 aliphatic heterocycles. The molecule has 2 aromatic carbocycles. The molecule has 0 fully saturated rings. The van der Waals surface area contributed by atoms with Crippen molar-refractivity contribution in [2.75, 3.05) is 6.54 Å². The number of ketones is 1. The predicted molar refractivity (Wildman–Crippen MR) is 77.4 cm³/mol. The van der Waals surface area contributed by atoms with Crippen LogP contribution in [-0.2, 0) is 0 Å². The van der Waals surface area contributed by atoms with Crippen molar-refractivity contribution in [3.8, 4) is 0 Å².